The molecule has 1 N–H and O–H groups in total. The second kappa shape index (κ2) is 9.66. The Kier molecular flexibility index (Phi) is 7.55. The van der Waals surface area contributed by atoms with Crippen LogP contribution in [0.2, 0.25) is 5.02 Å². The molecule has 8 nitrogen and oxygen atoms in total. The first-order valence-corrected chi connectivity index (χ1v) is 9.48. The summed E-state index contributed by atoms with van der Waals surface area (Å²) in [5.74, 6) is -0.0191. The van der Waals surface area contributed by atoms with Crippen LogP contribution in [0.4, 0.5) is 11.4 Å². The topological polar surface area (TPSA) is 95.8 Å². The molecule has 0 saturated carbocycles. The zero-order valence-corrected chi connectivity index (χ0v) is 16.4. The van der Waals surface area contributed by atoms with Gasteiger partial charge in [0.15, 0.2) is 0 Å². The highest BCUT2D eigenvalue weighted by Crippen LogP contribution is 2.26. The molecule has 1 heterocycles. The van der Waals surface area contributed by atoms with E-state index >= 15 is 0 Å². The third kappa shape index (κ3) is 5.64. The standard InChI is InChI=1S/C18H25ClN4O4/c1-3-22(4-2)18(25)13-7-9-21(10-8-13)12-17(24)20-16-6-5-14(23(26)27)11-15(16)19/h5-6,11,13H,3-4,7-10,12H2,1-2H3,(H,20,24). The minimum Gasteiger partial charge on any atom is -0.343 e. The van der Waals surface area contributed by atoms with E-state index in [1.807, 2.05) is 23.6 Å². The van der Waals surface area contributed by atoms with Crippen LogP contribution in [0.25, 0.3) is 0 Å². The molecule has 1 aliphatic rings. The molecule has 0 aliphatic carbocycles. The van der Waals surface area contributed by atoms with E-state index in [0.29, 0.717) is 31.9 Å². The molecule has 1 fully saturated rings. The minimum absolute atomic E-state index is 0.0216. The maximum absolute atomic E-state index is 12.4. The number of carbonyl (C=O) groups is 2. The van der Waals surface area contributed by atoms with E-state index in [1.165, 1.54) is 18.2 Å². The number of nitrogens with zero attached hydrogens (tertiary/aromatic N) is 3. The van der Waals surface area contributed by atoms with Crippen LogP contribution in [0.3, 0.4) is 0 Å². The van der Waals surface area contributed by atoms with Crippen molar-refractivity contribution in [3.63, 3.8) is 0 Å². The quantitative estimate of drug-likeness (QED) is 0.564. The largest absolute Gasteiger partial charge is 0.343 e. The fourth-order valence-corrected chi connectivity index (χ4v) is 3.47. The molecule has 2 amide bonds. The molecule has 27 heavy (non-hydrogen) atoms. The van der Waals surface area contributed by atoms with Crippen molar-refractivity contribution in [2.24, 2.45) is 5.92 Å². The minimum atomic E-state index is -0.541. The van der Waals surface area contributed by atoms with Crippen molar-refractivity contribution in [1.29, 1.82) is 0 Å². The molecule has 148 valence electrons. The number of likely N-dealkylation sites (tertiary alicyclic amines) is 1. The van der Waals surface area contributed by atoms with Crippen molar-refractivity contribution >= 4 is 34.8 Å². The van der Waals surface area contributed by atoms with E-state index in [2.05, 4.69) is 5.32 Å². The molecule has 1 aliphatic heterocycles. The van der Waals surface area contributed by atoms with E-state index in [1.54, 1.807) is 0 Å². The van der Waals surface area contributed by atoms with E-state index in [9.17, 15) is 19.7 Å². The first-order chi connectivity index (χ1) is 12.8. The maximum atomic E-state index is 12.4. The predicted octanol–water partition coefficient (Wildman–Crippen LogP) is 2.77. The van der Waals surface area contributed by atoms with Gasteiger partial charge in [-0.25, -0.2) is 0 Å². The monoisotopic (exact) mass is 396 g/mol. The number of nitrogens with one attached hydrogen (secondary N) is 1. The molecule has 9 heteroatoms. The highest BCUT2D eigenvalue weighted by Gasteiger charge is 2.28. The first-order valence-electron chi connectivity index (χ1n) is 9.10. The molecule has 1 aromatic rings. The summed E-state index contributed by atoms with van der Waals surface area (Å²) in [4.78, 5) is 38.7. The van der Waals surface area contributed by atoms with Gasteiger partial charge in [0.05, 0.1) is 22.2 Å². The number of hydrogen-bond acceptors (Lipinski definition) is 5. The molecule has 1 aromatic carbocycles. The van der Waals surface area contributed by atoms with E-state index in [4.69, 9.17) is 11.6 Å². The van der Waals surface area contributed by atoms with Gasteiger partial charge in [-0.05, 0) is 45.8 Å². The number of anilines is 1. The number of hydrogen-bond donors (Lipinski definition) is 1. The van der Waals surface area contributed by atoms with E-state index in [-0.39, 0.29) is 35.0 Å². The Morgan fingerprint density at radius 2 is 1.93 bits per heavy atom. The second-order valence-corrected chi connectivity index (χ2v) is 6.94. The van der Waals surface area contributed by atoms with Crippen LogP contribution in [0.15, 0.2) is 18.2 Å². The molecule has 0 spiro atoms. The Morgan fingerprint density at radius 1 is 1.30 bits per heavy atom. The van der Waals surface area contributed by atoms with Crippen molar-refractivity contribution in [3.05, 3.63) is 33.3 Å². The SMILES string of the molecule is CCN(CC)C(=O)C1CCN(CC(=O)Nc2ccc([N+](=O)[O-])cc2Cl)CC1. The smallest absolute Gasteiger partial charge is 0.271 e. The van der Waals surface area contributed by atoms with Gasteiger partial charge in [0.2, 0.25) is 11.8 Å². The Labute approximate surface area is 163 Å². The summed E-state index contributed by atoms with van der Waals surface area (Å²) < 4.78 is 0. The third-order valence-corrected chi connectivity index (χ3v) is 5.13. The van der Waals surface area contributed by atoms with Crippen LogP contribution in [0, 0.1) is 16.0 Å². The average Bonchev–Trinajstić information content (AvgIpc) is 2.64. The molecule has 2 rings (SSSR count). The molecule has 0 bridgehead atoms. The predicted molar refractivity (Wildman–Crippen MR) is 104 cm³/mol. The maximum Gasteiger partial charge on any atom is 0.271 e. The fraction of sp³-hybridized carbons (Fsp3) is 0.556. The van der Waals surface area contributed by atoms with Gasteiger partial charge in [-0.15, -0.1) is 0 Å². The van der Waals surface area contributed by atoms with Gasteiger partial charge < -0.3 is 10.2 Å². The molecular weight excluding hydrogens is 372 g/mol. The summed E-state index contributed by atoms with van der Waals surface area (Å²) in [6, 6.07) is 3.93. The van der Waals surface area contributed by atoms with Crippen LogP contribution in [0.1, 0.15) is 26.7 Å². The van der Waals surface area contributed by atoms with Gasteiger partial charge in [0, 0.05) is 31.1 Å². The van der Waals surface area contributed by atoms with Gasteiger partial charge in [-0.3, -0.25) is 24.6 Å². The lowest BCUT2D eigenvalue weighted by atomic mass is 9.95. The van der Waals surface area contributed by atoms with E-state index in [0.717, 1.165) is 12.8 Å². The molecule has 0 unspecified atom stereocenters. The lowest BCUT2D eigenvalue weighted by Gasteiger charge is -2.33. The van der Waals surface area contributed by atoms with Crippen molar-refractivity contribution < 1.29 is 14.5 Å². The summed E-state index contributed by atoms with van der Waals surface area (Å²) in [6.07, 6.45) is 1.47. The Hall–Kier alpha value is -2.19. The third-order valence-electron chi connectivity index (χ3n) is 4.82. The number of carbonyl (C=O) groups excluding carboxylic acids is 2. The van der Waals surface area contributed by atoms with Crippen molar-refractivity contribution in [1.82, 2.24) is 9.80 Å². The number of rotatable bonds is 7. The first kappa shape index (κ1) is 21.1. The number of non-ortho nitro benzene ring substituents is 1. The number of nitro benzene ring substituents is 1. The summed E-state index contributed by atoms with van der Waals surface area (Å²) in [5.41, 5.74) is 0.219. The zero-order valence-electron chi connectivity index (χ0n) is 15.6. The lowest BCUT2D eigenvalue weighted by Crippen LogP contribution is -2.44. The molecular formula is C18H25ClN4O4. The lowest BCUT2D eigenvalue weighted by molar-refractivity contribution is -0.384. The molecule has 0 aromatic heterocycles. The van der Waals surface area contributed by atoms with Gasteiger partial charge in [-0.1, -0.05) is 11.6 Å². The average molecular weight is 397 g/mol. The zero-order chi connectivity index (χ0) is 20.0. The summed E-state index contributed by atoms with van der Waals surface area (Å²) >= 11 is 6.00. The van der Waals surface area contributed by atoms with Crippen LogP contribution < -0.4 is 5.32 Å². The highest BCUT2D eigenvalue weighted by molar-refractivity contribution is 6.34. The summed E-state index contributed by atoms with van der Waals surface area (Å²) in [7, 11) is 0. The van der Waals surface area contributed by atoms with Crippen LogP contribution in [-0.2, 0) is 9.59 Å². The number of piperidine rings is 1. The second-order valence-electron chi connectivity index (χ2n) is 6.53. The van der Waals surface area contributed by atoms with E-state index < -0.39 is 4.92 Å². The van der Waals surface area contributed by atoms with Crippen LogP contribution in [0.5, 0.6) is 0 Å². The van der Waals surface area contributed by atoms with Gasteiger partial charge in [0.1, 0.15) is 0 Å². The molecule has 0 atom stereocenters. The van der Waals surface area contributed by atoms with Crippen molar-refractivity contribution in [2.75, 3.05) is 38.0 Å². The van der Waals surface area contributed by atoms with Gasteiger partial charge in [0.25, 0.3) is 5.69 Å². The number of amides is 2. The number of halogens is 1. The Balaban J connectivity index is 1.84. The number of benzene rings is 1. The van der Waals surface area contributed by atoms with Crippen molar-refractivity contribution in [3.8, 4) is 0 Å². The highest BCUT2D eigenvalue weighted by atomic mass is 35.5. The normalized spacial score (nSPS) is 15.4. The summed E-state index contributed by atoms with van der Waals surface area (Å²) in [6.45, 7) is 6.94. The van der Waals surface area contributed by atoms with Crippen molar-refractivity contribution in [2.45, 2.75) is 26.7 Å². The summed E-state index contributed by atoms with van der Waals surface area (Å²) in [5, 5.41) is 13.5. The molecule has 0 radical (unpaired) electrons. The van der Waals surface area contributed by atoms with Crippen LogP contribution in [-0.4, -0.2) is 59.3 Å². The van der Waals surface area contributed by atoms with Gasteiger partial charge >= 0.3 is 0 Å². The fourth-order valence-electron chi connectivity index (χ4n) is 3.24. The number of nitro groups is 1. The van der Waals surface area contributed by atoms with Crippen LogP contribution >= 0.6 is 11.6 Å². The Bertz CT molecular complexity index is 701. The molecule has 1 saturated heterocycles. The Morgan fingerprint density at radius 3 is 2.44 bits per heavy atom. The van der Waals surface area contributed by atoms with Gasteiger partial charge in [-0.2, -0.15) is 0 Å².